The lowest BCUT2D eigenvalue weighted by molar-refractivity contribution is -0.393. The Balaban J connectivity index is 2.27. The number of hydrogen-bond acceptors (Lipinski definition) is 7. The van der Waals surface area contributed by atoms with Gasteiger partial charge in [-0.15, -0.1) is 0 Å². The van der Waals surface area contributed by atoms with Crippen molar-refractivity contribution in [3.05, 3.63) is 38.4 Å². The fraction of sp³-hybridized carbons (Fsp3) is 0.500. The van der Waals surface area contributed by atoms with Crippen LogP contribution in [0.5, 0.6) is 0 Å². The van der Waals surface area contributed by atoms with Crippen LogP contribution in [-0.4, -0.2) is 15.6 Å². The zero-order valence-corrected chi connectivity index (χ0v) is 13.8. The van der Waals surface area contributed by atoms with Crippen LogP contribution in [0.25, 0.3) is 0 Å². The van der Waals surface area contributed by atoms with Crippen molar-refractivity contribution < 1.29 is 9.85 Å². The minimum absolute atomic E-state index is 0.111. The van der Waals surface area contributed by atoms with E-state index in [4.69, 9.17) is 5.26 Å². The van der Waals surface area contributed by atoms with Crippen molar-refractivity contribution >= 4 is 22.8 Å². The predicted molar refractivity (Wildman–Crippen MR) is 92.2 cm³/mol. The molecule has 0 aliphatic heterocycles. The fourth-order valence-corrected chi connectivity index (χ4v) is 3.11. The molecule has 2 atom stereocenters. The van der Waals surface area contributed by atoms with E-state index in [-0.39, 0.29) is 23.2 Å². The first-order chi connectivity index (χ1) is 11.9. The summed E-state index contributed by atoms with van der Waals surface area (Å²) >= 11 is 0. The van der Waals surface area contributed by atoms with Gasteiger partial charge in [-0.25, -0.2) is 0 Å². The minimum atomic E-state index is -0.677. The van der Waals surface area contributed by atoms with E-state index in [0.29, 0.717) is 12.8 Å². The molecule has 1 aliphatic rings. The highest BCUT2D eigenvalue weighted by atomic mass is 16.6. The number of nitrogens with zero attached hydrogens (tertiary/aromatic N) is 4. The number of hydrogen-bond donors (Lipinski definition) is 1. The zero-order chi connectivity index (χ0) is 18.4. The van der Waals surface area contributed by atoms with E-state index in [9.17, 15) is 20.2 Å². The largest absolute Gasteiger partial charge is 0.301 e. The average Bonchev–Trinajstić information content (AvgIpc) is 2.58. The molecule has 0 heterocycles. The van der Waals surface area contributed by atoms with E-state index < -0.39 is 15.5 Å². The van der Waals surface area contributed by atoms with Crippen LogP contribution in [0.15, 0.2) is 23.3 Å². The number of benzene rings is 1. The Hall–Kier alpha value is -3.02. The normalized spacial score (nSPS) is 21.5. The van der Waals surface area contributed by atoms with Crippen molar-refractivity contribution in [1.82, 2.24) is 0 Å². The number of anilines is 1. The Morgan fingerprint density at radius 3 is 2.72 bits per heavy atom. The molecule has 0 amide bonds. The maximum atomic E-state index is 11.2. The molecule has 1 aliphatic carbocycles. The Kier molecular flexibility index (Phi) is 6.00. The number of hydrazone groups is 1. The molecule has 0 saturated heterocycles. The van der Waals surface area contributed by atoms with Gasteiger partial charge in [0.25, 0.3) is 5.69 Å². The van der Waals surface area contributed by atoms with Crippen LogP contribution >= 0.6 is 0 Å². The maximum Gasteiger partial charge on any atom is 0.301 e. The van der Waals surface area contributed by atoms with Crippen LogP contribution in [-0.2, 0) is 0 Å². The highest BCUT2D eigenvalue weighted by molar-refractivity contribution is 5.90. The van der Waals surface area contributed by atoms with Gasteiger partial charge in [0.2, 0.25) is 0 Å². The number of nitro benzene ring substituents is 2. The van der Waals surface area contributed by atoms with E-state index in [0.717, 1.165) is 31.0 Å². The number of nitriles is 1. The lowest BCUT2D eigenvalue weighted by Crippen LogP contribution is -2.27. The van der Waals surface area contributed by atoms with Gasteiger partial charge in [-0.2, -0.15) is 10.4 Å². The van der Waals surface area contributed by atoms with E-state index in [2.05, 4.69) is 16.6 Å². The van der Waals surface area contributed by atoms with Gasteiger partial charge in [-0.1, -0.05) is 13.3 Å². The Morgan fingerprint density at radius 2 is 2.08 bits per heavy atom. The average molecular weight is 345 g/mol. The second-order valence-electron chi connectivity index (χ2n) is 6.09. The number of nitro groups is 2. The second kappa shape index (κ2) is 8.19. The van der Waals surface area contributed by atoms with Crippen LogP contribution in [0.4, 0.5) is 17.1 Å². The van der Waals surface area contributed by atoms with Gasteiger partial charge < -0.3 is 0 Å². The molecule has 1 saturated carbocycles. The van der Waals surface area contributed by atoms with Crippen LogP contribution in [0.2, 0.25) is 0 Å². The SMILES string of the molecule is CC1CCCC(CCC#N)C1=NNc1ccc([N+](=O)[O-])cc1[N+](=O)[O-]. The van der Waals surface area contributed by atoms with Crippen molar-refractivity contribution in [3.8, 4) is 6.07 Å². The van der Waals surface area contributed by atoms with Gasteiger partial charge in [0.15, 0.2) is 0 Å². The molecule has 9 nitrogen and oxygen atoms in total. The molecule has 9 heteroatoms. The summed E-state index contributed by atoms with van der Waals surface area (Å²) < 4.78 is 0. The summed E-state index contributed by atoms with van der Waals surface area (Å²) in [6.45, 7) is 2.04. The van der Waals surface area contributed by atoms with Gasteiger partial charge in [0, 0.05) is 24.1 Å². The van der Waals surface area contributed by atoms with Crippen molar-refractivity contribution in [3.63, 3.8) is 0 Å². The first kappa shape index (κ1) is 18.3. The molecule has 1 aromatic carbocycles. The molecule has 25 heavy (non-hydrogen) atoms. The first-order valence-electron chi connectivity index (χ1n) is 8.07. The van der Waals surface area contributed by atoms with Crippen molar-refractivity contribution in [1.29, 1.82) is 5.26 Å². The number of nitrogens with one attached hydrogen (secondary N) is 1. The summed E-state index contributed by atoms with van der Waals surface area (Å²) in [4.78, 5) is 20.6. The standard InChI is InChI=1S/C16H19N5O4/c1-11-4-2-5-12(6-3-9-17)16(11)19-18-14-8-7-13(20(22)23)10-15(14)21(24)25/h7-8,10-12,18H,2-6H2,1H3. The molecular weight excluding hydrogens is 326 g/mol. The highest BCUT2D eigenvalue weighted by Gasteiger charge is 2.27. The molecule has 1 fully saturated rings. The van der Waals surface area contributed by atoms with Gasteiger partial charge in [0.1, 0.15) is 5.69 Å². The Bertz CT molecular complexity index is 741. The topological polar surface area (TPSA) is 134 Å². The third-order valence-electron chi connectivity index (χ3n) is 4.41. The molecular formula is C16H19N5O4. The Labute approximate surface area is 144 Å². The summed E-state index contributed by atoms with van der Waals surface area (Å²) in [7, 11) is 0. The number of non-ortho nitro benzene ring substituents is 1. The van der Waals surface area contributed by atoms with Crippen molar-refractivity contribution in [2.45, 2.75) is 39.0 Å². The molecule has 1 aromatic rings. The molecule has 0 aromatic heterocycles. The van der Waals surface area contributed by atoms with E-state index in [1.807, 2.05) is 6.92 Å². The van der Waals surface area contributed by atoms with E-state index in [1.165, 1.54) is 12.1 Å². The minimum Gasteiger partial charge on any atom is -0.272 e. The lowest BCUT2D eigenvalue weighted by atomic mass is 9.78. The van der Waals surface area contributed by atoms with Crippen LogP contribution < -0.4 is 5.43 Å². The quantitative estimate of drug-likeness (QED) is 0.611. The van der Waals surface area contributed by atoms with Crippen LogP contribution in [0.1, 0.15) is 39.0 Å². The molecule has 0 spiro atoms. The molecule has 2 unspecified atom stereocenters. The molecule has 2 rings (SSSR count). The molecule has 1 N–H and O–H groups in total. The predicted octanol–water partition coefficient (Wildman–Crippen LogP) is 4.01. The lowest BCUT2D eigenvalue weighted by Gasteiger charge is -2.28. The van der Waals surface area contributed by atoms with Gasteiger partial charge >= 0.3 is 5.69 Å². The monoisotopic (exact) mass is 345 g/mol. The zero-order valence-electron chi connectivity index (χ0n) is 13.8. The summed E-state index contributed by atoms with van der Waals surface area (Å²) in [6, 6.07) is 5.54. The third kappa shape index (κ3) is 4.50. The molecule has 0 bridgehead atoms. The third-order valence-corrected chi connectivity index (χ3v) is 4.41. The van der Waals surface area contributed by atoms with Crippen LogP contribution in [0.3, 0.4) is 0 Å². The highest BCUT2D eigenvalue weighted by Crippen LogP contribution is 2.32. The summed E-state index contributed by atoms with van der Waals surface area (Å²) in [5, 5.41) is 35.1. The first-order valence-corrected chi connectivity index (χ1v) is 8.07. The summed E-state index contributed by atoms with van der Waals surface area (Å²) in [5.41, 5.74) is 2.98. The molecule has 0 radical (unpaired) electrons. The summed E-state index contributed by atoms with van der Waals surface area (Å²) in [6.07, 6.45) is 4.13. The summed E-state index contributed by atoms with van der Waals surface area (Å²) in [5.74, 6) is 0.398. The van der Waals surface area contributed by atoms with E-state index >= 15 is 0 Å². The number of rotatable bonds is 6. The fourth-order valence-electron chi connectivity index (χ4n) is 3.11. The smallest absolute Gasteiger partial charge is 0.272 e. The van der Waals surface area contributed by atoms with Crippen LogP contribution in [0, 0.1) is 43.4 Å². The van der Waals surface area contributed by atoms with Crippen molar-refractivity contribution in [2.75, 3.05) is 5.43 Å². The van der Waals surface area contributed by atoms with Gasteiger partial charge in [-0.05, 0) is 31.2 Å². The van der Waals surface area contributed by atoms with Gasteiger partial charge in [0.05, 0.1) is 22.0 Å². The maximum absolute atomic E-state index is 11.2. The second-order valence-corrected chi connectivity index (χ2v) is 6.09. The van der Waals surface area contributed by atoms with Gasteiger partial charge in [-0.3, -0.25) is 25.7 Å². The van der Waals surface area contributed by atoms with Crippen molar-refractivity contribution in [2.24, 2.45) is 16.9 Å². The van der Waals surface area contributed by atoms with E-state index in [1.54, 1.807) is 0 Å². The molecule has 132 valence electrons. The Morgan fingerprint density at radius 1 is 1.32 bits per heavy atom.